The van der Waals surface area contributed by atoms with Crippen molar-refractivity contribution >= 4 is 30.1 Å². The zero-order valence-electron chi connectivity index (χ0n) is 19.4. The summed E-state index contributed by atoms with van der Waals surface area (Å²) in [6.45, 7) is 5.75. The van der Waals surface area contributed by atoms with Crippen LogP contribution in [0.25, 0.3) is 0 Å². The molecule has 4 rings (SSSR count). The number of nitrogens with zero attached hydrogens (tertiary/aromatic N) is 2. The Balaban J connectivity index is 0.00000324. The molecule has 0 bridgehead atoms. The number of hydrogen-bond donors (Lipinski definition) is 1. The fourth-order valence-corrected chi connectivity index (χ4v) is 4.58. The minimum Gasteiger partial charge on any atom is -0.347 e. The lowest BCUT2D eigenvalue weighted by atomic mass is 9.87. The van der Waals surface area contributed by atoms with Gasteiger partial charge in [-0.3, -0.25) is 24.3 Å². The van der Waals surface area contributed by atoms with Crippen LogP contribution in [0.3, 0.4) is 0 Å². The maximum atomic E-state index is 13.5. The van der Waals surface area contributed by atoms with Crippen LogP contribution < -0.4 is 5.32 Å². The van der Waals surface area contributed by atoms with Crippen molar-refractivity contribution in [2.45, 2.75) is 45.7 Å². The summed E-state index contributed by atoms with van der Waals surface area (Å²) in [5.74, 6) is -0.826. The average molecular weight is 478 g/mol. The van der Waals surface area contributed by atoms with Crippen LogP contribution in [0, 0.1) is 13.8 Å². The first-order valence-electron chi connectivity index (χ1n) is 11.1. The van der Waals surface area contributed by atoms with Gasteiger partial charge in [-0.15, -0.1) is 12.4 Å². The molecule has 1 N–H and O–H groups in total. The minimum atomic E-state index is -0.628. The number of aromatic nitrogens is 1. The van der Waals surface area contributed by atoms with E-state index < -0.39 is 12.1 Å². The van der Waals surface area contributed by atoms with Crippen LogP contribution in [0.15, 0.2) is 67.0 Å². The molecule has 0 saturated heterocycles. The lowest BCUT2D eigenvalue weighted by Gasteiger charge is -2.36. The summed E-state index contributed by atoms with van der Waals surface area (Å²) >= 11 is 0. The first kappa shape index (κ1) is 25.1. The van der Waals surface area contributed by atoms with E-state index in [2.05, 4.69) is 10.3 Å². The van der Waals surface area contributed by atoms with Crippen LogP contribution in [-0.2, 0) is 11.2 Å². The molecule has 1 aromatic heterocycles. The largest absolute Gasteiger partial charge is 0.347 e. The van der Waals surface area contributed by atoms with Gasteiger partial charge in [0.05, 0.1) is 23.2 Å². The third-order valence-electron chi connectivity index (χ3n) is 6.20. The topological polar surface area (TPSA) is 79.4 Å². The molecular weight excluding hydrogens is 450 g/mol. The molecule has 2 heterocycles. The zero-order chi connectivity index (χ0) is 23.5. The highest BCUT2D eigenvalue weighted by molar-refractivity contribution is 6.21. The van der Waals surface area contributed by atoms with Crippen molar-refractivity contribution < 1.29 is 14.4 Å². The van der Waals surface area contributed by atoms with Crippen molar-refractivity contribution in [2.75, 3.05) is 0 Å². The highest BCUT2D eigenvalue weighted by Gasteiger charge is 2.44. The number of carbonyl (C=O) groups is 3. The van der Waals surface area contributed by atoms with Crippen molar-refractivity contribution in [3.63, 3.8) is 0 Å². The number of aryl methyl sites for hydroxylation is 2. The number of amides is 3. The van der Waals surface area contributed by atoms with Crippen LogP contribution in [0.4, 0.5) is 0 Å². The van der Waals surface area contributed by atoms with Crippen molar-refractivity contribution in [3.05, 3.63) is 100 Å². The molecule has 3 amide bonds. The standard InChI is InChI=1S/C27H27N3O3.ClH/c1-4-23(31)29-25(24-17(2)9-7-10-18(24)3)22(15-19-11-8-14-28-16-19)30-26(32)20-12-5-6-13-21(20)27(30)33;/h5-14,16,22,25H,4,15H2,1-3H3,(H,29,31);1H/t22-,25+;/m1./s1. The second-order valence-corrected chi connectivity index (χ2v) is 8.36. The van der Waals surface area contributed by atoms with Gasteiger partial charge in [-0.2, -0.15) is 0 Å². The summed E-state index contributed by atoms with van der Waals surface area (Å²) in [4.78, 5) is 45.1. The number of hydrogen-bond acceptors (Lipinski definition) is 4. The van der Waals surface area contributed by atoms with E-state index in [0.29, 0.717) is 24.0 Å². The number of rotatable bonds is 7. The Labute approximate surface area is 205 Å². The van der Waals surface area contributed by atoms with Crippen molar-refractivity contribution in [3.8, 4) is 0 Å². The van der Waals surface area contributed by atoms with E-state index in [9.17, 15) is 14.4 Å². The molecule has 2 aromatic carbocycles. The van der Waals surface area contributed by atoms with E-state index >= 15 is 0 Å². The second-order valence-electron chi connectivity index (χ2n) is 8.36. The van der Waals surface area contributed by atoms with Gasteiger partial charge in [0.1, 0.15) is 0 Å². The fourth-order valence-electron chi connectivity index (χ4n) is 4.58. The monoisotopic (exact) mass is 477 g/mol. The van der Waals surface area contributed by atoms with Gasteiger partial charge in [0.15, 0.2) is 0 Å². The summed E-state index contributed by atoms with van der Waals surface area (Å²) in [5.41, 5.74) is 4.56. The molecule has 0 radical (unpaired) electrons. The maximum Gasteiger partial charge on any atom is 0.261 e. The van der Waals surface area contributed by atoms with E-state index in [4.69, 9.17) is 0 Å². The van der Waals surface area contributed by atoms with Gasteiger partial charge in [0.25, 0.3) is 11.8 Å². The zero-order valence-corrected chi connectivity index (χ0v) is 20.3. The number of benzene rings is 2. The number of nitrogens with one attached hydrogen (secondary N) is 1. The molecule has 1 aliphatic rings. The third-order valence-corrected chi connectivity index (χ3v) is 6.20. The highest BCUT2D eigenvalue weighted by Crippen LogP contribution is 2.34. The summed E-state index contributed by atoms with van der Waals surface area (Å²) in [6, 6.07) is 15.3. The summed E-state index contributed by atoms with van der Waals surface area (Å²) in [7, 11) is 0. The molecule has 2 atom stereocenters. The normalized spacial score (nSPS) is 14.3. The van der Waals surface area contributed by atoms with Crippen LogP contribution >= 0.6 is 12.4 Å². The van der Waals surface area contributed by atoms with Gasteiger partial charge in [-0.25, -0.2) is 0 Å². The SMILES string of the molecule is CCC(=O)N[C@H](c1c(C)cccc1C)[C@@H](Cc1cccnc1)N1C(=O)c2ccccc2C1=O.Cl. The average Bonchev–Trinajstić information content (AvgIpc) is 3.07. The van der Waals surface area contributed by atoms with Gasteiger partial charge in [0.2, 0.25) is 5.91 Å². The molecule has 1 aliphatic heterocycles. The first-order chi connectivity index (χ1) is 15.9. The second kappa shape index (κ2) is 10.6. The van der Waals surface area contributed by atoms with Gasteiger partial charge >= 0.3 is 0 Å². The fraction of sp³-hybridized carbons (Fsp3) is 0.259. The summed E-state index contributed by atoms with van der Waals surface area (Å²) < 4.78 is 0. The minimum absolute atomic E-state index is 0. The third kappa shape index (κ3) is 4.73. The Morgan fingerprint density at radius 1 is 0.941 bits per heavy atom. The molecule has 0 saturated carbocycles. The quantitative estimate of drug-likeness (QED) is 0.504. The Morgan fingerprint density at radius 2 is 1.56 bits per heavy atom. The number of halogens is 1. The molecular formula is C27H28ClN3O3. The lowest BCUT2D eigenvalue weighted by molar-refractivity contribution is -0.122. The van der Waals surface area contributed by atoms with Crippen LogP contribution in [0.1, 0.15) is 62.4 Å². The van der Waals surface area contributed by atoms with E-state index in [1.54, 1.807) is 43.6 Å². The Bertz CT molecular complexity index is 1160. The van der Waals surface area contributed by atoms with Gasteiger partial charge < -0.3 is 5.32 Å². The van der Waals surface area contributed by atoms with Gasteiger partial charge in [0, 0.05) is 18.8 Å². The number of carbonyl (C=O) groups excluding carboxylic acids is 3. The molecule has 7 heteroatoms. The smallest absolute Gasteiger partial charge is 0.261 e. The van der Waals surface area contributed by atoms with Crippen LogP contribution in [0.2, 0.25) is 0 Å². The van der Waals surface area contributed by atoms with Crippen molar-refractivity contribution in [1.29, 1.82) is 0 Å². The molecule has 34 heavy (non-hydrogen) atoms. The lowest BCUT2D eigenvalue weighted by Crippen LogP contribution is -2.50. The molecule has 0 fully saturated rings. The van der Waals surface area contributed by atoms with Crippen LogP contribution in [-0.4, -0.2) is 33.6 Å². The Morgan fingerprint density at radius 3 is 2.09 bits per heavy atom. The summed E-state index contributed by atoms with van der Waals surface area (Å²) in [5, 5.41) is 3.12. The summed E-state index contributed by atoms with van der Waals surface area (Å²) in [6.07, 6.45) is 4.07. The molecule has 0 aliphatic carbocycles. The Kier molecular flexibility index (Phi) is 7.84. The van der Waals surface area contributed by atoms with Gasteiger partial charge in [-0.1, -0.05) is 43.3 Å². The predicted octanol–water partition coefficient (Wildman–Crippen LogP) is 4.60. The molecule has 0 spiro atoms. The van der Waals surface area contributed by atoms with E-state index in [1.807, 2.05) is 44.2 Å². The number of fused-ring (bicyclic) bond motifs is 1. The predicted molar refractivity (Wildman–Crippen MR) is 133 cm³/mol. The van der Waals surface area contributed by atoms with Crippen LogP contribution in [0.5, 0.6) is 0 Å². The maximum absolute atomic E-state index is 13.5. The molecule has 176 valence electrons. The van der Waals surface area contributed by atoms with E-state index in [1.165, 1.54) is 4.90 Å². The van der Waals surface area contributed by atoms with E-state index in [-0.39, 0.29) is 30.1 Å². The number of imide groups is 1. The van der Waals surface area contributed by atoms with E-state index in [0.717, 1.165) is 22.3 Å². The molecule has 6 nitrogen and oxygen atoms in total. The Hall–Kier alpha value is -3.51. The van der Waals surface area contributed by atoms with Gasteiger partial charge in [-0.05, 0) is 60.7 Å². The highest BCUT2D eigenvalue weighted by atomic mass is 35.5. The van der Waals surface area contributed by atoms with Crippen molar-refractivity contribution in [2.24, 2.45) is 0 Å². The molecule has 3 aromatic rings. The first-order valence-corrected chi connectivity index (χ1v) is 11.1. The number of pyridine rings is 1. The van der Waals surface area contributed by atoms with Crippen molar-refractivity contribution in [1.82, 2.24) is 15.2 Å². The molecule has 0 unspecified atom stereocenters.